The third-order valence-corrected chi connectivity index (χ3v) is 5.57. The predicted molar refractivity (Wildman–Crippen MR) is 114 cm³/mol. The number of pyridine rings is 1. The molecule has 0 N–H and O–H groups in total. The highest BCUT2D eigenvalue weighted by atomic mass is 16.5. The molecule has 4 heteroatoms. The summed E-state index contributed by atoms with van der Waals surface area (Å²) >= 11 is 0. The Labute approximate surface area is 169 Å². The van der Waals surface area contributed by atoms with E-state index < -0.39 is 5.97 Å². The van der Waals surface area contributed by atoms with Crippen molar-refractivity contribution in [2.75, 3.05) is 7.11 Å². The summed E-state index contributed by atoms with van der Waals surface area (Å²) in [6, 6.07) is 25.0. The molecule has 0 saturated heterocycles. The number of carbonyl (C=O) groups is 1. The number of hydrogen-bond donors (Lipinski definition) is 0. The van der Waals surface area contributed by atoms with Gasteiger partial charge in [0.1, 0.15) is 5.69 Å². The molecule has 2 aromatic heterocycles. The van der Waals surface area contributed by atoms with Crippen molar-refractivity contribution in [1.82, 2.24) is 9.55 Å². The van der Waals surface area contributed by atoms with E-state index in [0.717, 1.165) is 17.3 Å². The molecule has 0 aliphatic heterocycles. The molecule has 0 amide bonds. The van der Waals surface area contributed by atoms with E-state index in [4.69, 9.17) is 4.74 Å². The number of benzene rings is 2. The molecule has 2 heterocycles. The van der Waals surface area contributed by atoms with Gasteiger partial charge in [-0.2, -0.15) is 0 Å². The van der Waals surface area contributed by atoms with Gasteiger partial charge >= 0.3 is 5.97 Å². The van der Waals surface area contributed by atoms with E-state index in [0.29, 0.717) is 12.2 Å². The lowest BCUT2D eigenvalue weighted by Gasteiger charge is -2.12. The van der Waals surface area contributed by atoms with Crippen molar-refractivity contribution in [1.29, 1.82) is 0 Å². The van der Waals surface area contributed by atoms with E-state index in [-0.39, 0.29) is 0 Å². The number of esters is 1. The molecule has 2 aromatic carbocycles. The van der Waals surface area contributed by atoms with Crippen molar-refractivity contribution >= 4 is 16.9 Å². The third-order valence-electron chi connectivity index (χ3n) is 5.57. The average Bonchev–Trinajstić information content (AvgIpc) is 3.56. The SMILES string of the molecule is COC(=O)c1cccc(Cn2c(-c3ccccc3)cc3cc(C4CC4)ccc32)n1. The van der Waals surface area contributed by atoms with E-state index in [1.54, 1.807) is 6.07 Å². The maximum Gasteiger partial charge on any atom is 0.356 e. The monoisotopic (exact) mass is 382 g/mol. The number of hydrogen-bond acceptors (Lipinski definition) is 3. The summed E-state index contributed by atoms with van der Waals surface area (Å²) in [4.78, 5) is 16.4. The standard InChI is InChI=1S/C25H22N2O2/c1-29-25(28)22-9-5-8-21(26-22)16-27-23-13-12-19(17-10-11-17)14-20(23)15-24(27)18-6-3-2-4-7-18/h2-9,12-15,17H,10-11,16H2,1H3. The number of ether oxygens (including phenoxy) is 1. The number of carbonyl (C=O) groups excluding carboxylic acids is 1. The Hall–Kier alpha value is -3.40. The first-order chi connectivity index (χ1) is 14.2. The van der Waals surface area contributed by atoms with Gasteiger partial charge < -0.3 is 9.30 Å². The van der Waals surface area contributed by atoms with Gasteiger partial charge in [-0.1, -0.05) is 42.5 Å². The zero-order chi connectivity index (χ0) is 19.8. The first-order valence-corrected chi connectivity index (χ1v) is 9.96. The highest BCUT2D eigenvalue weighted by molar-refractivity contribution is 5.88. The van der Waals surface area contributed by atoms with Crippen LogP contribution >= 0.6 is 0 Å². The minimum atomic E-state index is -0.415. The van der Waals surface area contributed by atoms with Crippen LogP contribution in [0.4, 0.5) is 0 Å². The normalized spacial score (nSPS) is 13.6. The van der Waals surface area contributed by atoms with Crippen LogP contribution in [0, 0.1) is 0 Å². The quantitative estimate of drug-likeness (QED) is 0.433. The molecule has 0 radical (unpaired) electrons. The maximum atomic E-state index is 11.9. The van der Waals surface area contributed by atoms with Crippen LogP contribution in [0.25, 0.3) is 22.2 Å². The minimum absolute atomic E-state index is 0.332. The van der Waals surface area contributed by atoms with Crippen LogP contribution in [-0.2, 0) is 11.3 Å². The van der Waals surface area contributed by atoms with E-state index in [2.05, 4.69) is 58.1 Å². The van der Waals surface area contributed by atoms with Gasteiger partial charge in [0.15, 0.2) is 0 Å². The molecule has 4 nitrogen and oxygen atoms in total. The summed E-state index contributed by atoms with van der Waals surface area (Å²) in [6.45, 7) is 0.585. The second kappa shape index (κ2) is 7.21. The number of methoxy groups -OCH3 is 1. The lowest BCUT2D eigenvalue weighted by molar-refractivity contribution is 0.0593. The Morgan fingerprint density at radius 3 is 2.62 bits per heavy atom. The molecule has 1 aliphatic carbocycles. The molecule has 0 atom stereocenters. The molecule has 29 heavy (non-hydrogen) atoms. The fraction of sp³-hybridized carbons (Fsp3) is 0.200. The molecule has 1 fully saturated rings. The van der Waals surface area contributed by atoms with Gasteiger partial charge in [-0.15, -0.1) is 0 Å². The van der Waals surface area contributed by atoms with Crippen LogP contribution in [0.5, 0.6) is 0 Å². The second-order valence-electron chi connectivity index (χ2n) is 7.58. The Morgan fingerprint density at radius 1 is 1.03 bits per heavy atom. The molecule has 0 bridgehead atoms. The van der Waals surface area contributed by atoms with Gasteiger partial charge in [-0.05, 0) is 60.2 Å². The molecule has 4 aromatic rings. The van der Waals surface area contributed by atoms with Crippen molar-refractivity contribution in [2.45, 2.75) is 25.3 Å². The van der Waals surface area contributed by atoms with Crippen molar-refractivity contribution in [3.05, 3.63) is 89.7 Å². The first kappa shape index (κ1) is 17.7. The number of rotatable bonds is 5. The zero-order valence-corrected chi connectivity index (χ0v) is 16.3. The van der Waals surface area contributed by atoms with Gasteiger partial charge in [0, 0.05) is 16.6 Å². The van der Waals surface area contributed by atoms with Crippen LogP contribution in [0.2, 0.25) is 0 Å². The summed E-state index contributed by atoms with van der Waals surface area (Å²) in [5, 5.41) is 1.25. The fourth-order valence-corrected chi connectivity index (χ4v) is 3.93. The first-order valence-electron chi connectivity index (χ1n) is 9.96. The predicted octanol–water partition coefficient (Wildman–Crippen LogP) is 5.42. The van der Waals surface area contributed by atoms with Crippen molar-refractivity contribution < 1.29 is 9.53 Å². The molecule has 144 valence electrons. The van der Waals surface area contributed by atoms with Gasteiger partial charge in [0.2, 0.25) is 0 Å². The molecule has 1 aliphatic rings. The number of nitrogens with zero attached hydrogens (tertiary/aromatic N) is 2. The topological polar surface area (TPSA) is 44.1 Å². The van der Waals surface area contributed by atoms with Gasteiger partial charge in [0.25, 0.3) is 0 Å². The molecule has 5 rings (SSSR count). The highest BCUT2D eigenvalue weighted by Gasteiger charge is 2.24. The van der Waals surface area contributed by atoms with E-state index in [9.17, 15) is 4.79 Å². The third kappa shape index (κ3) is 3.42. The van der Waals surface area contributed by atoms with Gasteiger partial charge in [0.05, 0.1) is 19.3 Å². The van der Waals surface area contributed by atoms with Gasteiger partial charge in [-0.3, -0.25) is 0 Å². The van der Waals surface area contributed by atoms with E-state index in [1.165, 1.54) is 42.0 Å². The number of fused-ring (bicyclic) bond motifs is 1. The van der Waals surface area contributed by atoms with Crippen molar-refractivity contribution in [2.24, 2.45) is 0 Å². The van der Waals surface area contributed by atoms with Crippen LogP contribution in [0.15, 0.2) is 72.8 Å². The fourth-order valence-electron chi connectivity index (χ4n) is 3.93. The summed E-state index contributed by atoms with van der Waals surface area (Å²) in [5.74, 6) is 0.308. The van der Waals surface area contributed by atoms with E-state index in [1.807, 2.05) is 18.2 Å². The number of aromatic nitrogens is 2. The highest BCUT2D eigenvalue weighted by Crippen LogP contribution is 2.41. The Morgan fingerprint density at radius 2 is 1.86 bits per heavy atom. The lowest BCUT2D eigenvalue weighted by atomic mass is 10.1. The minimum Gasteiger partial charge on any atom is -0.464 e. The molecular formula is C25H22N2O2. The van der Waals surface area contributed by atoms with Crippen molar-refractivity contribution in [3.8, 4) is 11.3 Å². The Balaban J connectivity index is 1.62. The Bertz CT molecular complexity index is 1190. The molecular weight excluding hydrogens is 360 g/mol. The van der Waals surface area contributed by atoms with Crippen LogP contribution < -0.4 is 0 Å². The lowest BCUT2D eigenvalue weighted by Crippen LogP contribution is -2.09. The summed E-state index contributed by atoms with van der Waals surface area (Å²) in [5.41, 5.74) is 6.09. The maximum absolute atomic E-state index is 11.9. The average molecular weight is 382 g/mol. The van der Waals surface area contributed by atoms with Crippen molar-refractivity contribution in [3.63, 3.8) is 0 Å². The second-order valence-corrected chi connectivity index (χ2v) is 7.58. The summed E-state index contributed by atoms with van der Waals surface area (Å²) < 4.78 is 7.11. The van der Waals surface area contributed by atoms with Crippen LogP contribution in [0.3, 0.4) is 0 Å². The summed E-state index contributed by atoms with van der Waals surface area (Å²) in [6.07, 6.45) is 2.59. The Kier molecular flexibility index (Phi) is 4.39. The van der Waals surface area contributed by atoms with E-state index >= 15 is 0 Å². The molecule has 0 unspecified atom stereocenters. The molecule has 1 saturated carbocycles. The van der Waals surface area contributed by atoms with Gasteiger partial charge in [-0.25, -0.2) is 9.78 Å². The van der Waals surface area contributed by atoms with Crippen LogP contribution in [0.1, 0.15) is 40.5 Å². The summed E-state index contributed by atoms with van der Waals surface area (Å²) in [7, 11) is 1.38. The zero-order valence-electron chi connectivity index (χ0n) is 16.3. The smallest absolute Gasteiger partial charge is 0.356 e. The molecule has 0 spiro atoms. The largest absolute Gasteiger partial charge is 0.464 e. The van der Waals surface area contributed by atoms with Crippen LogP contribution in [-0.4, -0.2) is 22.6 Å².